The number of benzene rings is 2. The fourth-order valence-electron chi connectivity index (χ4n) is 2.21. The predicted molar refractivity (Wildman–Crippen MR) is 93.0 cm³/mol. The summed E-state index contributed by atoms with van der Waals surface area (Å²) in [5.41, 5.74) is 2.67. The first-order valence-electron chi connectivity index (χ1n) is 6.93. The first-order chi connectivity index (χ1) is 9.70. The molecular weight excluding hydrogens is 378 g/mol. The SMILES string of the molecule is CCCNC(Cc1ccccc1Br)c1ccc(Br)cc1. The third-order valence-corrected chi connectivity index (χ3v) is 4.60. The molecule has 0 aliphatic carbocycles. The Balaban J connectivity index is 2.19. The van der Waals surface area contributed by atoms with E-state index in [2.05, 4.69) is 92.6 Å². The minimum Gasteiger partial charge on any atom is -0.310 e. The molecule has 1 atom stereocenters. The van der Waals surface area contributed by atoms with E-state index in [0.717, 1.165) is 23.9 Å². The van der Waals surface area contributed by atoms with Crippen LogP contribution in [0.2, 0.25) is 0 Å². The van der Waals surface area contributed by atoms with E-state index in [1.54, 1.807) is 0 Å². The van der Waals surface area contributed by atoms with E-state index < -0.39 is 0 Å². The lowest BCUT2D eigenvalue weighted by Gasteiger charge is -2.20. The molecule has 0 aromatic heterocycles. The van der Waals surface area contributed by atoms with Crippen molar-refractivity contribution in [2.24, 2.45) is 0 Å². The van der Waals surface area contributed by atoms with Crippen molar-refractivity contribution in [3.8, 4) is 0 Å². The molecule has 20 heavy (non-hydrogen) atoms. The first kappa shape index (κ1) is 15.7. The Morgan fingerprint density at radius 1 is 1.00 bits per heavy atom. The maximum atomic E-state index is 3.64. The molecule has 1 unspecified atom stereocenters. The van der Waals surface area contributed by atoms with E-state index in [-0.39, 0.29) is 0 Å². The molecule has 0 saturated carbocycles. The molecule has 106 valence electrons. The monoisotopic (exact) mass is 395 g/mol. The normalized spacial score (nSPS) is 12.3. The number of hydrogen-bond donors (Lipinski definition) is 1. The average molecular weight is 397 g/mol. The van der Waals surface area contributed by atoms with Crippen LogP contribution in [0.5, 0.6) is 0 Å². The number of halogens is 2. The summed E-state index contributed by atoms with van der Waals surface area (Å²) in [6, 6.07) is 17.4. The van der Waals surface area contributed by atoms with E-state index in [4.69, 9.17) is 0 Å². The van der Waals surface area contributed by atoms with Gasteiger partial charge in [-0.05, 0) is 48.7 Å². The van der Waals surface area contributed by atoms with Crippen molar-refractivity contribution >= 4 is 31.9 Å². The standard InChI is InChI=1S/C17H19Br2N/c1-2-11-20-17(13-7-9-15(18)10-8-13)12-14-5-3-4-6-16(14)19/h3-10,17,20H,2,11-12H2,1H3. The topological polar surface area (TPSA) is 12.0 Å². The summed E-state index contributed by atoms with van der Waals surface area (Å²) in [5, 5.41) is 3.64. The smallest absolute Gasteiger partial charge is 0.0361 e. The number of rotatable bonds is 6. The summed E-state index contributed by atoms with van der Waals surface area (Å²) in [5.74, 6) is 0. The average Bonchev–Trinajstić information content (AvgIpc) is 2.46. The molecule has 2 rings (SSSR count). The molecule has 1 nitrogen and oxygen atoms in total. The van der Waals surface area contributed by atoms with Crippen molar-refractivity contribution in [3.63, 3.8) is 0 Å². The van der Waals surface area contributed by atoms with Gasteiger partial charge in [-0.2, -0.15) is 0 Å². The van der Waals surface area contributed by atoms with Crippen molar-refractivity contribution < 1.29 is 0 Å². The zero-order valence-corrected chi connectivity index (χ0v) is 14.7. The highest BCUT2D eigenvalue weighted by atomic mass is 79.9. The Morgan fingerprint density at radius 2 is 1.70 bits per heavy atom. The lowest BCUT2D eigenvalue weighted by molar-refractivity contribution is 0.528. The molecule has 0 heterocycles. The Labute approximate surface area is 138 Å². The van der Waals surface area contributed by atoms with Crippen molar-refractivity contribution in [2.75, 3.05) is 6.54 Å². The quantitative estimate of drug-likeness (QED) is 0.680. The first-order valence-corrected chi connectivity index (χ1v) is 8.51. The van der Waals surface area contributed by atoms with Gasteiger partial charge in [0, 0.05) is 15.0 Å². The minimum absolute atomic E-state index is 0.349. The molecule has 0 fully saturated rings. The predicted octanol–water partition coefficient (Wildman–Crippen LogP) is 5.50. The van der Waals surface area contributed by atoms with Crippen LogP contribution >= 0.6 is 31.9 Å². The van der Waals surface area contributed by atoms with Crippen LogP contribution in [0, 0.1) is 0 Å². The lowest BCUT2D eigenvalue weighted by Crippen LogP contribution is -2.24. The van der Waals surface area contributed by atoms with Crippen LogP contribution in [0.25, 0.3) is 0 Å². The molecule has 3 heteroatoms. The largest absolute Gasteiger partial charge is 0.310 e. The Kier molecular flexibility index (Phi) is 6.27. The van der Waals surface area contributed by atoms with E-state index >= 15 is 0 Å². The highest BCUT2D eigenvalue weighted by molar-refractivity contribution is 9.10. The number of hydrogen-bond acceptors (Lipinski definition) is 1. The number of nitrogens with one attached hydrogen (secondary N) is 1. The zero-order valence-electron chi connectivity index (χ0n) is 11.6. The summed E-state index contributed by atoms with van der Waals surface area (Å²) in [7, 11) is 0. The molecule has 0 spiro atoms. The van der Waals surface area contributed by atoms with Gasteiger partial charge in [-0.1, -0.05) is 69.1 Å². The van der Waals surface area contributed by atoms with Crippen LogP contribution in [0.15, 0.2) is 57.5 Å². The van der Waals surface area contributed by atoms with Gasteiger partial charge in [0.1, 0.15) is 0 Å². The molecule has 0 bridgehead atoms. The van der Waals surface area contributed by atoms with E-state index in [1.165, 1.54) is 15.6 Å². The fourth-order valence-corrected chi connectivity index (χ4v) is 2.92. The van der Waals surface area contributed by atoms with Gasteiger partial charge < -0.3 is 5.32 Å². The van der Waals surface area contributed by atoms with Gasteiger partial charge in [0.15, 0.2) is 0 Å². The van der Waals surface area contributed by atoms with Gasteiger partial charge in [-0.25, -0.2) is 0 Å². The maximum absolute atomic E-state index is 3.64. The van der Waals surface area contributed by atoms with Crippen LogP contribution in [0.4, 0.5) is 0 Å². The molecule has 0 aliphatic heterocycles. The fraction of sp³-hybridized carbons (Fsp3) is 0.294. The van der Waals surface area contributed by atoms with Crippen LogP contribution in [0.1, 0.15) is 30.5 Å². The highest BCUT2D eigenvalue weighted by Crippen LogP contribution is 2.25. The van der Waals surface area contributed by atoms with Crippen molar-refractivity contribution in [3.05, 3.63) is 68.6 Å². The summed E-state index contributed by atoms with van der Waals surface area (Å²) < 4.78 is 2.30. The zero-order chi connectivity index (χ0) is 14.4. The van der Waals surface area contributed by atoms with Crippen molar-refractivity contribution in [1.82, 2.24) is 5.32 Å². The van der Waals surface area contributed by atoms with E-state index in [0.29, 0.717) is 6.04 Å². The summed E-state index contributed by atoms with van der Waals surface area (Å²) >= 11 is 7.14. The minimum atomic E-state index is 0.349. The van der Waals surface area contributed by atoms with Gasteiger partial charge in [-0.3, -0.25) is 0 Å². The third-order valence-electron chi connectivity index (χ3n) is 3.29. The molecule has 0 saturated heterocycles. The molecular formula is C17H19Br2N. The molecule has 0 amide bonds. The third kappa shape index (κ3) is 4.44. The van der Waals surface area contributed by atoms with E-state index in [1.807, 2.05) is 0 Å². The molecule has 2 aromatic carbocycles. The molecule has 0 radical (unpaired) electrons. The van der Waals surface area contributed by atoms with Gasteiger partial charge in [0.2, 0.25) is 0 Å². The van der Waals surface area contributed by atoms with E-state index in [9.17, 15) is 0 Å². The Bertz CT molecular complexity index is 537. The van der Waals surface area contributed by atoms with Gasteiger partial charge in [0.05, 0.1) is 0 Å². The summed E-state index contributed by atoms with van der Waals surface area (Å²) in [6.07, 6.45) is 2.13. The van der Waals surface area contributed by atoms with Crippen molar-refractivity contribution in [2.45, 2.75) is 25.8 Å². The summed E-state index contributed by atoms with van der Waals surface area (Å²) in [4.78, 5) is 0. The van der Waals surface area contributed by atoms with Gasteiger partial charge in [-0.15, -0.1) is 0 Å². The molecule has 2 aromatic rings. The van der Waals surface area contributed by atoms with Crippen molar-refractivity contribution in [1.29, 1.82) is 0 Å². The second kappa shape index (κ2) is 7.96. The lowest BCUT2D eigenvalue weighted by atomic mass is 9.99. The second-order valence-electron chi connectivity index (χ2n) is 4.85. The maximum Gasteiger partial charge on any atom is 0.0361 e. The highest BCUT2D eigenvalue weighted by Gasteiger charge is 2.12. The van der Waals surface area contributed by atoms with Gasteiger partial charge >= 0.3 is 0 Å². The Morgan fingerprint density at radius 3 is 2.35 bits per heavy atom. The second-order valence-corrected chi connectivity index (χ2v) is 6.62. The van der Waals surface area contributed by atoms with Crippen LogP contribution in [-0.4, -0.2) is 6.54 Å². The van der Waals surface area contributed by atoms with Crippen LogP contribution in [-0.2, 0) is 6.42 Å². The molecule has 1 N–H and O–H groups in total. The van der Waals surface area contributed by atoms with Gasteiger partial charge in [0.25, 0.3) is 0 Å². The molecule has 0 aliphatic rings. The van der Waals surface area contributed by atoms with Crippen LogP contribution in [0.3, 0.4) is 0 Å². The summed E-state index contributed by atoms with van der Waals surface area (Å²) in [6.45, 7) is 3.23. The Hall–Kier alpha value is -0.640. The van der Waals surface area contributed by atoms with Crippen LogP contribution < -0.4 is 5.32 Å².